The van der Waals surface area contributed by atoms with Gasteiger partial charge in [-0.3, -0.25) is 4.79 Å². The minimum Gasteiger partial charge on any atom is -0.481 e. The van der Waals surface area contributed by atoms with Crippen molar-refractivity contribution in [2.45, 2.75) is 84.5 Å². The normalized spacial score (nSPS) is 11.0. The monoisotopic (exact) mass is 294 g/mol. The van der Waals surface area contributed by atoms with Crippen molar-refractivity contribution in [1.29, 1.82) is 0 Å². The van der Waals surface area contributed by atoms with E-state index in [4.69, 9.17) is 5.11 Å². The minimum absolute atomic E-state index is 0.00306. The summed E-state index contributed by atoms with van der Waals surface area (Å²) < 4.78 is 0. The predicted molar refractivity (Wildman–Crippen MR) is 85.6 cm³/mol. The number of carbonyl (C=O) groups is 1. The lowest BCUT2D eigenvalue weighted by molar-refractivity contribution is -0.136. The Kier molecular flexibility index (Phi) is 8.79. The van der Waals surface area contributed by atoms with E-state index in [1.807, 2.05) is 0 Å². The number of nitrogens with zero attached hydrogens (tertiary/aromatic N) is 1. The van der Waals surface area contributed by atoms with Gasteiger partial charge in [0.25, 0.3) is 0 Å². The zero-order valence-corrected chi connectivity index (χ0v) is 13.6. The van der Waals surface area contributed by atoms with Crippen LogP contribution >= 0.6 is 0 Å². The van der Waals surface area contributed by atoms with Gasteiger partial charge in [-0.15, -0.1) is 0 Å². The summed E-state index contributed by atoms with van der Waals surface area (Å²) in [5, 5.41) is 8.90. The third-order valence-electron chi connectivity index (χ3n) is 3.78. The molecule has 1 rings (SSSR count). The van der Waals surface area contributed by atoms with Gasteiger partial charge in [-0.2, -0.15) is 0 Å². The number of aromatic nitrogens is 2. The quantitative estimate of drug-likeness (QED) is 0.565. The molecule has 0 unspecified atom stereocenters. The lowest BCUT2D eigenvalue weighted by Crippen LogP contribution is -2.01. The van der Waals surface area contributed by atoms with Gasteiger partial charge in [-0.1, -0.05) is 52.4 Å². The maximum atomic E-state index is 10.8. The van der Waals surface area contributed by atoms with Crippen LogP contribution in [0.25, 0.3) is 0 Å². The molecular weight excluding hydrogens is 264 g/mol. The molecule has 0 saturated heterocycles. The molecule has 0 aliphatic heterocycles. The first kappa shape index (κ1) is 17.7. The van der Waals surface area contributed by atoms with Crippen molar-refractivity contribution >= 4 is 5.97 Å². The van der Waals surface area contributed by atoms with Crippen LogP contribution in [0.3, 0.4) is 0 Å². The molecule has 0 amide bonds. The average Bonchev–Trinajstić information content (AvgIpc) is 2.81. The molecule has 0 radical (unpaired) electrons. The lowest BCUT2D eigenvalue weighted by Gasteiger charge is -2.03. The van der Waals surface area contributed by atoms with Gasteiger partial charge in [0.05, 0.1) is 5.69 Å². The van der Waals surface area contributed by atoms with Crippen LogP contribution in [-0.4, -0.2) is 21.0 Å². The van der Waals surface area contributed by atoms with E-state index in [0.717, 1.165) is 31.4 Å². The number of aliphatic carboxylic acids is 1. The summed E-state index contributed by atoms with van der Waals surface area (Å²) >= 11 is 0. The Bertz CT molecular complexity index is 383. The second kappa shape index (κ2) is 10.4. The van der Waals surface area contributed by atoms with Gasteiger partial charge >= 0.3 is 5.97 Å². The highest BCUT2D eigenvalue weighted by molar-refractivity contribution is 5.69. The topological polar surface area (TPSA) is 66.0 Å². The number of rotatable bonds is 12. The number of aromatic amines is 1. The van der Waals surface area contributed by atoms with E-state index < -0.39 is 5.97 Å². The first-order valence-electron chi connectivity index (χ1n) is 8.45. The van der Waals surface area contributed by atoms with Gasteiger partial charge in [0.2, 0.25) is 0 Å². The van der Waals surface area contributed by atoms with Crippen LogP contribution in [0, 0.1) is 0 Å². The van der Waals surface area contributed by atoms with Crippen molar-refractivity contribution in [1.82, 2.24) is 9.97 Å². The molecule has 1 aromatic heterocycles. The largest absolute Gasteiger partial charge is 0.481 e. The number of carboxylic acids is 1. The van der Waals surface area contributed by atoms with E-state index >= 15 is 0 Å². The van der Waals surface area contributed by atoms with Crippen molar-refractivity contribution in [3.63, 3.8) is 0 Å². The van der Waals surface area contributed by atoms with E-state index in [1.165, 1.54) is 44.2 Å². The molecule has 120 valence electrons. The molecule has 0 aliphatic rings. The molecule has 0 atom stereocenters. The third kappa shape index (κ3) is 7.30. The summed E-state index contributed by atoms with van der Waals surface area (Å²) in [7, 11) is 0. The van der Waals surface area contributed by atoms with E-state index in [1.54, 1.807) is 0 Å². The van der Waals surface area contributed by atoms with Crippen molar-refractivity contribution in [3.8, 4) is 0 Å². The second-order valence-corrected chi connectivity index (χ2v) is 5.80. The molecule has 0 aliphatic carbocycles. The number of aryl methyl sites for hydroxylation is 2. The fourth-order valence-electron chi connectivity index (χ4n) is 2.59. The van der Waals surface area contributed by atoms with Crippen LogP contribution < -0.4 is 0 Å². The van der Waals surface area contributed by atoms with Gasteiger partial charge in [-0.05, 0) is 25.7 Å². The smallest absolute Gasteiger partial charge is 0.311 e. The third-order valence-corrected chi connectivity index (χ3v) is 3.78. The molecule has 0 saturated carbocycles. The van der Waals surface area contributed by atoms with Crippen molar-refractivity contribution in [3.05, 3.63) is 17.2 Å². The maximum absolute atomic E-state index is 10.8. The molecular formula is C17H30N2O2. The summed E-state index contributed by atoms with van der Waals surface area (Å²) in [4.78, 5) is 18.6. The van der Waals surface area contributed by atoms with Crippen molar-refractivity contribution in [2.75, 3.05) is 0 Å². The van der Waals surface area contributed by atoms with E-state index in [-0.39, 0.29) is 6.42 Å². The Hall–Kier alpha value is -1.32. The molecule has 0 fully saturated rings. The van der Waals surface area contributed by atoms with Crippen LogP contribution in [0.5, 0.6) is 0 Å². The lowest BCUT2D eigenvalue weighted by atomic mass is 10.1. The number of nitrogens with one attached hydrogen (secondary N) is 1. The predicted octanol–water partition coefficient (Wildman–Crippen LogP) is 4.28. The SMILES string of the molecule is CCCCCCc1nc(CC(=O)O)[nH]c1CCCCCC. The molecule has 0 aromatic carbocycles. The van der Waals surface area contributed by atoms with E-state index in [0.29, 0.717) is 5.82 Å². The molecule has 0 spiro atoms. The maximum Gasteiger partial charge on any atom is 0.311 e. The van der Waals surface area contributed by atoms with Crippen LogP contribution in [0.1, 0.15) is 82.4 Å². The van der Waals surface area contributed by atoms with Gasteiger partial charge in [-0.25, -0.2) is 4.98 Å². The molecule has 2 N–H and O–H groups in total. The molecule has 21 heavy (non-hydrogen) atoms. The Labute approximate surface area is 128 Å². The molecule has 1 heterocycles. The zero-order valence-electron chi connectivity index (χ0n) is 13.6. The summed E-state index contributed by atoms with van der Waals surface area (Å²) in [6, 6.07) is 0. The van der Waals surface area contributed by atoms with Crippen molar-refractivity contribution < 1.29 is 9.90 Å². The summed E-state index contributed by atoms with van der Waals surface area (Å²) in [5.74, 6) is -0.211. The highest BCUT2D eigenvalue weighted by Crippen LogP contribution is 2.15. The number of carboxylic acid groups (broad SMARTS) is 1. The molecule has 4 heteroatoms. The zero-order chi connectivity index (χ0) is 15.5. The fourth-order valence-corrected chi connectivity index (χ4v) is 2.59. The first-order chi connectivity index (χ1) is 10.2. The molecule has 0 bridgehead atoms. The van der Waals surface area contributed by atoms with Crippen LogP contribution in [0.15, 0.2) is 0 Å². The number of hydrogen-bond acceptors (Lipinski definition) is 2. The Morgan fingerprint density at radius 2 is 1.62 bits per heavy atom. The van der Waals surface area contributed by atoms with Crippen LogP contribution in [0.2, 0.25) is 0 Å². The highest BCUT2D eigenvalue weighted by Gasteiger charge is 2.12. The first-order valence-corrected chi connectivity index (χ1v) is 8.45. The van der Waals surface area contributed by atoms with Crippen LogP contribution in [0.4, 0.5) is 0 Å². The average molecular weight is 294 g/mol. The molecule has 4 nitrogen and oxygen atoms in total. The van der Waals surface area contributed by atoms with Gasteiger partial charge in [0.1, 0.15) is 12.2 Å². The standard InChI is InChI=1S/C17H30N2O2/c1-3-5-7-9-11-14-15(12-10-8-6-4-2)19-16(18-14)13-17(20)21/h3-13H2,1-2H3,(H,18,19)(H,20,21). The fraction of sp³-hybridized carbons (Fsp3) is 0.765. The Balaban J connectivity index is 2.57. The van der Waals surface area contributed by atoms with E-state index in [9.17, 15) is 4.79 Å². The summed E-state index contributed by atoms with van der Waals surface area (Å²) in [5.41, 5.74) is 2.26. The Morgan fingerprint density at radius 1 is 1.00 bits per heavy atom. The van der Waals surface area contributed by atoms with Gasteiger partial charge < -0.3 is 10.1 Å². The number of unbranched alkanes of at least 4 members (excludes halogenated alkanes) is 6. The number of H-pyrrole nitrogens is 1. The van der Waals surface area contributed by atoms with E-state index in [2.05, 4.69) is 23.8 Å². The number of hydrogen-bond donors (Lipinski definition) is 2. The Morgan fingerprint density at radius 3 is 2.19 bits per heavy atom. The second-order valence-electron chi connectivity index (χ2n) is 5.80. The van der Waals surface area contributed by atoms with Crippen molar-refractivity contribution in [2.24, 2.45) is 0 Å². The van der Waals surface area contributed by atoms with Gasteiger partial charge in [0, 0.05) is 5.69 Å². The highest BCUT2D eigenvalue weighted by atomic mass is 16.4. The summed E-state index contributed by atoms with van der Waals surface area (Å²) in [6.07, 6.45) is 11.7. The van der Waals surface area contributed by atoms with Gasteiger partial charge in [0.15, 0.2) is 0 Å². The van der Waals surface area contributed by atoms with Crippen LogP contribution in [-0.2, 0) is 24.1 Å². The summed E-state index contributed by atoms with van der Waals surface area (Å²) in [6.45, 7) is 4.42. The molecule has 1 aromatic rings. The minimum atomic E-state index is -0.821. The number of imidazole rings is 1.